The molecule has 1 rings (SSSR count). The van der Waals surface area contributed by atoms with E-state index >= 15 is 0 Å². The summed E-state index contributed by atoms with van der Waals surface area (Å²) in [5, 5.41) is 14.9. The van der Waals surface area contributed by atoms with Crippen LogP contribution in [0.3, 0.4) is 0 Å². The molecule has 18 heavy (non-hydrogen) atoms. The van der Waals surface area contributed by atoms with Gasteiger partial charge in [-0.1, -0.05) is 13.3 Å². The number of carbonyl (C=O) groups excluding carboxylic acids is 1. The van der Waals surface area contributed by atoms with Crippen molar-refractivity contribution in [2.75, 3.05) is 26.2 Å². The third kappa shape index (κ3) is 5.35. The van der Waals surface area contributed by atoms with Crippen LogP contribution in [0, 0.1) is 0 Å². The molecule has 6 heteroatoms. The molecule has 1 atom stereocenters. The zero-order chi connectivity index (χ0) is 13.4. The SMILES string of the molecule is CCCC(CC(=O)O)NC(=O)N1CCCNCC1. The van der Waals surface area contributed by atoms with Crippen molar-refractivity contribution in [1.82, 2.24) is 15.5 Å². The van der Waals surface area contributed by atoms with Gasteiger partial charge >= 0.3 is 12.0 Å². The fraction of sp³-hybridized carbons (Fsp3) is 0.833. The molecule has 0 radical (unpaired) electrons. The minimum Gasteiger partial charge on any atom is -0.481 e. The average Bonchev–Trinajstić information content (AvgIpc) is 2.56. The van der Waals surface area contributed by atoms with Crippen molar-refractivity contribution >= 4 is 12.0 Å². The smallest absolute Gasteiger partial charge is 0.317 e. The average molecular weight is 257 g/mol. The van der Waals surface area contributed by atoms with Gasteiger partial charge in [0.25, 0.3) is 0 Å². The molecule has 1 unspecified atom stereocenters. The number of amides is 2. The van der Waals surface area contributed by atoms with Crippen LogP contribution in [0.5, 0.6) is 0 Å². The van der Waals surface area contributed by atoms with Gasteiger partial charge in [0.05, 0.1) is 6.42 Å². The molecule has 0 bridgehead atoms. The Balaban J connectivity index is 2.45. The number of nitrogens with one attached hydrogen (secondary N) is 2. The minimum atomic E-state index is -0.869. The number of rotatable bonds is 5. The summed E-state index contributed by atoms with van der Waals surface area (Å²) in [4.78, 5) is 24.5. The summed E-state index contributed by atoms with van der Waals surface area (Å²) in [6.07, 6.45) is 2.49. The first-order valence-electron chi connectivity index (χ1n) is 6.61. The highest BCUT2D eigenvalue weighted by Crippen LogP contribution is 2.04. The van der Waals surface area contributed by atoms with Gasteiger partial charge in [0.15, 0.2) is 0 Å². The summed E-state index contributed by atoms with van der Waals surface area (Å²) < 4.78 is 0. The lowest BCUT2D eigenvalue weighted by Crippen LogP contribution is -2.46. The van der Waals surface area contributed by atoms with Crippen LogP contribution < -0.4 is 10.6 Å². The summed E-state index contributed by atoms with van der Waals surface area (Å²) in [7, 11) is 0. The number of hydrogen-bond donors (Lipinski definition) is 3. The monoisotopic (exact) mass is 257 g/mol. The van der Waals surface area contributed by atoms with Gasteiger partial charge in [0.2, 0.25) is 0 Å². The van der Waals surface area contributed by atoms with Crippen LogP contribution in [0.2, 0.25) is 0 Å². The number of carboxylic acids is 1. The maximum Gasteiger partial charge on any atom is 0.317 e. The standard InChI is InChI=1S/C12H23N3O3/c1-2-4-10(9-11(16)17)14-12(18)15-7-3-5-13-6-8-15/h10,13H,2-9H2,1H3,(H,14,18)(H,16,17). The van der Waals surface area contributed by atoms with E-state index in [-0.39, 0.29) is 18.5 Å². The summed E-state index contributed by atoms with van der Waals surface area (Å²) in [5.41, 5.74) is 0. The number of nitrogens with zero attached hydrogens (tertiary/aromatic N) is 1. The summed E-state index contributed by atoms with van der Waals surface area (Å²) in [5.74, 6) is -0.869. The highest BCUT2D eigenvalue weighted by Gasteiger charge is 2.20. The van der Waals surface area contributed by atoms with Gasteiger partial charge in [-0.05, 0) is 19.4 Å². The van der Waals surface area contributed by atoms with E-state index in [1.807, 2.05) is 6.92 Å². The van der Waals surface area contributed by atoms with Gasteiger partial charge in [0.1, 0.15) is 0 Å². The molecular weight excluding hydrogens is 234 g/mol. The van der Waals surface area contributed by atoms with Gasteiger partial charge in [-0.15, -0.1) is 0 Å². The molecule has 6 nitrogen and oxygen atoms in total. The highest BCUT2D eigenvalue weighted by atomic mass is 16.4. The van der Waals surface area contributed by atoms with Gasteiger partial charge in [-0.3, -0.25) is 4.79 Å². The lowest BCUT2D eigenvalue weighted by molar-refractivity contribution is -0.137. The van der Waals surface area contributed by atoms with E-state index in [2.05, 4.69) is 10.6 Å². The highest BCUT2D eigenvalue weighted by molar-refractivity contribution is 5.76. The third-order valence-corrected chi connectivity index (χ3v) is 3.01. The number of hydrogen-bond acceptors (Lipinski definition) is 3. The number of urea groups is 1. The van der Waals surface area contributed by atoms with Crippen LogP contribution in [0.25, 0.3) is 0 Å². The Morgan fingerprint density at radius 3 is 2.83 bits per heavy atom. The molecule has 1 heterocycles. The van der Waals surface area contributed by atoms with Crippen molar-refractivity contribution in [3.8, 4) is 0 Å². The van der Waals surface area contributed by atoms with Crippen molar-refractivity contribution in [2.24, 2.45) is 0 Å². The van der Waals surface area contributed by atoms with Crippen LogP contribution in [-0.4, -0.2) is 54.2 Å². The van der Waals surface area contributed by atoms with Crippen molar-refractivity contribution in [1.29, 1.82) is 0 Å². The molecule has 2 amide bonds. The van der Waals surface area contributed by atoms with E-state index in [4.69, 9.17) is 5.11 Å². The Labute approximate surface area is 108 Å². The van der Waals surface area contributed by atoms with Gasteiger partial charge < -0.3 is 20.6 Å². The van der Waals surface area contributed by atoms with E-state index < -0.39 is 5.97 Å². The Kier molecular flexibility index (Phi) is 6.49. The van der Waals surface area contributed by atoms with Crippen LogP contribution in [0.4, 0.5) is 4.79 Å². The summed E-state index contributed by atoms with van der Waals surface area (Å²) >= 11 is 0. The topological polar surface area (TPSA) is 81.7 Å². The molecule has 1 saturated heterocycles. The maximum atomic E-state index is 12.0. The van der Waals surface area contributed by atoms with E-state index in [0.29, 0.717) is 13.0 Å². The first kappa shape index (κ1) is 14.8. The second-order valence-electron chi connectivity index (χ2n) is 4.62. The van der Waals surface area contributed by atoms with Crippen LogP contribution in [0.15, 0.2) is 0 Å². The molecule has 0 aliphatic carbocycles. The fourth-order valence-corrected chi connectivity index (χ4v) is 2.10. The van der Waals surface area contributed by atoms with E-state index in [1.54, 1.807) is 4.90 Å². The normalized spacial score (nSPS) is 17.9. The largest absolute Gasteiger partial charge is 0.481 e. The molecule has 104 valence electrons. The predicted molar refractivity (Wildman–Crippen MR) is 68.5 cm³/mol. The number of aliphatic carboxylic acids is 1. The van der Waals surface area contributed by atoms with Crippen molar-refractivity contribution < 1.29 is 14.7 Å². The van der Waals surface area contributed by atoms with Crippen LogP contribution in [-0.2, 0) is 4.79 Å². The van der Waals surface area contributed by atoms with E-state index in [1.165, 1.54) is 0 Å². The molecule has 0 aromatic rings. The van der Waals surface area contributed by atoms with Gasteiger partial charge in [-0.2, -0.15) is 0 Å². The molecule has 1 aliphatic heterocycles. The first-order chi connectivity index (χ1) is 8.63. The van der Waals surface area contributed by atoms with Crippen molar-refractivity contribution in [3.63, 3.8) is 0 Å². The Hall–Kier alpha value is -1.30. The second kappa shape index (κ2) is 7.92. The van der Waals surface area contributed by atoms with Crippen LogP contribution in [0.1, 0.15) is 32.6 Å². The Morgan fingerprint density at radius 1 is 1.39 bits per heavy atom. The fourth-order valence-electron chi connectivity index (χ4n) is 2.10. The van der Waals surface area contributed by atoms with E-state index in [0.717, 1.165) is 32.5 Å². The molecule has 1 aliphatic rings. The molecule has 3 N–H and O–H groups in total. The Bertz CT molecular complexity index is 276. The predicted octanol–water partition coefficient (Wildman–Crippen LogP) is 0.635. The summed E-state index contributed by atoms with van der Waals surface area (Å²) in [6.45, 7) is 5.11. The lowest BCUT2D eigenvalue weighted by Gasteiger charge is -2.24. The van der Waals surface area contributed by atoms with Gasteiger partial charge in [0, 0.05) is 25.7 Å². The van der Waals surface area contributed by atoms with Crippen LogP contribution >= 0.6 is 0 Å². The van der Waals surface area contributed by atoms with Crippen molar-refractivity contribution in [2.45, 2.75) is 38.6 Å². The van der Waals surface area contributed by atoms with E-state index in [9.17, 15) is 9.59 Å². The molecule has 0 aromatic carbocycles. The second-order valence-corrected chi connectivity index (χ2v) is 4.62. The zero-order valence-electron chi connectivity index (χ0n) is 10.9. The third-order valence-electron chi connectivity index (χ3n) is 3.01. The molecule has 0 saturated carbocycles. The lowest BCUT2D eigenvalue weighted by atomic mass is 10.1. The van der Waals surface area contributed by atoms with Gasteiger partial charge in [-0.25, -0.2) is 4.79 Å². The first-order valence-corrected chi connectivity index (χ1v) is 6.61. The molecule has 0 aromatic heterocycles. The maximum absolute atomic E-state index is 12.0. The number of carbonyl (C=O) groups is 2. The molecule has 1 fully saturated rings. The quantitative estimate of drug-likeness (QED) is 0.675. The molecule has 0 spiro atoms. The van der Waals surface area contributed by atoms with Crippen molar-refractivity contribution in [3.05, 3.63) is 0 Å². The molecular formula is C12H23N3O3. The summed E-state index contributed by atoms with van der Waals surface area (Å²) in [6, 6.07) is -0.408. The zero-order valence-corrected chi connectivity index (χ0v) is 10.9. The minimum absolute atomic E-state index is 0.00826. The Morgan fingerprint density at radius 2 is 2.17 bits per heavy atom. The number of carboxylic acid groups (broad SMARTS) is 1.